The summed E-state index contributed by atoms with van der Waals surface area (Å²) in [6.07, 6.45) is 1.11. The van der Waals surface area contributed by atoms with Gasteiger partial charge in [-0.1, -0.05) is 12.1 Å². The number of hydrogen-bond donors (Lipinski definition) is 0. The molecule has 4 rings (SSSR count). The van der Waals surface area contributed by atoms with Crippen LogP contribution in [-0.4, -0.2) is 61.5 Å². The van der Waals surface area contributed by atoms with Crippen LogP contribution >= 0.6 is 0 Å². The topological polar surface area (TPSA) is 68.3 Å². The minimum atomic E-state index is -1.04. The first kappa shape index (κ1) is 25.9. The molecular weight excluding hydrogens is 463 g/mol. The van der Waals surface area contributed by atoms with E-state index in [1.807, 2.05) is 36.1 Å². The van der Waals surface area contributed by atoms with Crippen LogP contribution < -0.4 is 9.64 Å². The Bertz CT molecular complexity index is 1030. The van der Waals surface area contributed by atoms with Crippen molar-refractivity contribution in [1.29, 1.82) is 0 Å². The third kappa shape index (κ3) is 6.35. The van der Waals surface area contributed by atoms with Crippen LogP contribution in [0.25, 0.3) is 0 Å². The van der Waals surface area contributed by atoms with Gasteiger partial charge in [-0.25, -0.2) is 9.18 Å². The molecule has 2 heterocycles. The summed E-state index contributed by atoms with van der Waals surface area (Å²) in [6, 6.07) is 14.3. The van der Waals surface area contributed by atoms with Crippen molar-refractivity contribution in [2.75, 3.05) is 37.7 Å². The number of carbonyl (C=O) groups excluding carboxylic acids is 2. The summed E-state index contributed by atoms with van der Waals surface area (Å²) in [5.41, 5.74) is 2.08. The van der Waals surface area contributed by atoms with Crippen molar-refractivity contribution >= 4 is 17.6 Å². The summed E-state index contributed by atoms with van der Waals surface area (Å²) in [4.78, 5) is 30.2. The van der Waals surface area contributed by atoms with Crippen molar-refractivity contribution in [2.24, 2.45) is 5.92 Å². The molecule has 2 atom stereocenters. The maximum Gasteiger partial charge on any atom is 0.338 e. The van der Waals surface area contributed by atoms with Gasteiger partial charge in [-0.05, 0) is 68.1 Å². The number of ether oxygens (including phenoxy) is 3. The molecule has 0 N–H and O–H groups in total. The number of anilines is 1. The van der Waals surface area contributed by atoms with Gasteiger partial charge in [0.05, 0.1) is 12.5 Å². The fourth-order valence-electron chi connectivity index (χ4n) is 4.85. The van der Waals surface area contributed by atoms with Crippen molar-refractivity contribution in [2.45, 2.75) is 51.9 Å². The van der Waals surface area contributed by atoms with Crippen molar-refractivity contribution in [3.05, 3.63) is 59.9 Å². The van der Waals surface area contributed by atoms with Crippen LogP contribution in [0.1, 0.15) is 39.2 Å². The van der Waals surface area contributed by atoms with Gasteiger partial charge in [0.1, 0.15) is 11.6 Å². The first-order chi connectivity index (χ1) is 17.3. The average molecular weight is 499 g/mol. The SMILES string of the molecule is CCOc1ccc(CCCC(C(=O)N2CCN(c3ccc(F)cc3)CC2)[C@@H]2OC(C)(C)OC2=O)cc1. The third-order valence-electron chi connectivity index (χ3n) is 6.67. The van der Waals surface area contributed by atoms with E-state index in [1.165, 1.54) is 12.1 Å². The summed E-state index contributed by atoms with van der Waals surface area (Å²) in [7, 11) is 0. The number of carbonyl (C=O) groups is 2. The van der Waals surface area contributed by atoms with Crippen LogP contribution in [-0.2, 0) is 25.5 Å². The Balaban J connectivity index is 1.39. The lowest BCUT2D eigenvalue weighted by molar-refractivity contribution is -0.162. The van der Waals surface area contributed by atoms with Crippen LogP contribution in [0.2, 0.25) is 0 Å². The van der Waals surface area contributed by atoms with Crippen molar-refractivity contribution in [3.63, 3.8) is 0 Å². The van der Waals surface area contributed by atoms with E-state index in [0.29, 0.717) is 39.2 Å². The molecule has 0 spiro atoms. The Morgan fingerprint density at radius 2 is 1.75 bits per heavy atom. The zero-order chi connectivity index (χ0) is 25.7. The molecule has 194 valence electrons. The average Bonchev–Trinajstić information content (AvgIpc) is 3.15. The lowest BCUT2D eigenvalue weighted by Gasteiger charge is -2.38. The Kier molecular flexibility index (Phi) is 8.14. The standard InChI is InChI=1S/C28H35FN2O5/c1-4-34-23-14-8-20(9-15-23)6-5-7-24(25-27(33)36-28(2,3)35-25)26(32)31-18-16-30(17-19-31)22-12-10-21(29)11-13-22/h8-15,24-25H,4-7,16-19H2,1-3H3/t24?,25-/m0/s1. The summed E-state index contributed by atoms with van der Waals surface area (Å²) in [6.45, 7) is 8.27. The number of halogens is 1. The van der Waals surface area contributed by atoms with E-state index in [0.717, 1.165) is 29.8 Å². The lowest BCUT2D eigenvalue weighted by Crippen LogP contribution is -2.52. The van der Waals surface area contributed by atoms with Gasteiger partial charge in [0.2, 0.25) is 11.7 Å². The van der Waals surface area contributed by atoms with Crippen molar-refractivity contribution in [1.82, 2.24) is 4.90 Å². The van der Waals surface area contributed by atoms with Crippen LogP contribution in [0.4, 0.5) is 10.1 Å². The Morgan fingerprint density at radius 1 is 1.08 bits per heavy atom. The smallest absolute Gasteiger partial charge is 0.338 e. The Morgan fingerprint density at radius 3 is 2.33 bits per heavy atom. The lowest BCUT2D eigenvalue weighted by atomic mass is 9.92. The van der Waals surface area contributed by atoms with Crippen LogP contribution in [0.15, 0.2) is 48.5 Å². The minimum absolute atomic E-state index is 0.0832. The second-order valence-electron chi connectivity index (χ2n) is 9.72. The van der Waals surface area contributed by atoms with E-state index in [1.54, 1.807) is 26.0 Å². The predicted octanol–water partition coefficient (Wildman–Crippen LogP) is 4.19. The fourth-order valence-corrected chi connectivity index (χ4v) is 4.85. The van der Waals surface area contributed by atoms with Gasteiger partial charge < -0.3 is 24.0 Å². The second-order valence-corrected chi connectivity index (χ2v) is 9.72. The highest BCUT2D eigenvalue weighted by atomic mass is 19.1. The molecular formula is C28H35FN2O5. The molecule has 1 amide bonds. The van der Waals surface area contributed by atoms with Gasteiger partial charge in [-0.2, -0.15) is 0 Å². The molecule has 0 radical (unpaired) electrons. The van der Waals surface area contributed by atoms with Gasteiger partial charge in [0.25, 0.3) is 0 Å². The molecule has 7 nitrogen and oxygen atoms in total. The molecule has 8 heteroatoms. The van der Waals surface area contributed by atoms with Crippen LogP contribution in [0.5, 0.6) is 5.75 Å². The first-order valence-electron chi connectivity index (χ1n) is 12.7. The normalized spacial score (nSPS) is 20.2. The number of amides is 1. The number of hydrogen-bond acceptors (Lipinski definition) is 6. The molecule has 2 saturated heterocycles. The molecule has 1 unspecified atom stereocenters. The van der Waals surface area contributed by atoms with Gasteiger partial charge in [0, 0.05) is 45.7 Å². The number of rotatable bonds is 9. The zero-order valence-corrected chi connectivity index (χ0v) is 21.2. The summed E-state index contributed by atoms with van der Waals surface area (Å²) in [5.74, 6) is -1.66. The number of nitrogens with zero attached hydrogens (tertiary/aromatic N) is 2. The molecule has 2 fully saturated rings. The van der Waals surface area contributed by atoms with Crippen LogP contribution in [0.3, 0.4) is 0 Å². The molecule has 36 heavy (non-hydrogen) atoms. The van der Waals surface area contributed by atoms with Gasteiger partial charge in [-0.15, -0.1) is 0 Å². The summed E-state index contributed by atoms with van der Waals surface area (Å²) >= 11 is 0. The maximum absolute atomic E-state index is 13.6. The van der Waals surface area contributed by atoms with Gasteiger partial charge >= 0.3 is 5.97 Å². The molecule has 2 aliphatic heterocycles. The van der Waals surface area contributed by atoms with Crippen molar-refractivity contribution < 1.29 is 28.2 Å². The number of cyclic esters (lactones) is 1. The first-order valence-corrected chi connectivity index (χ1v) is 12.7. The Labute approximate surface area is 212 Å². The molecule has 0 aliphatic carbocycles. The third-order valence-corrected chi connectivity index (χ3v) is 6.67. The van der Waals surface area contributed by atoms with Crippen molar-refractivity contribution in [3.8, 4) is 5.75 Å². The minimum Gasteiger partial charge on any atom is -0.494 e. The Hall–Kier alpha value is -3.13. The highest BCUT2D eigenvalue weighted by molar-refractivity contribution is 5.88. The molecule has 2 aromatic rings. The summed E-state index contributed by atoms with van der Waals surface area (Å²) in [5, 5.41) is 0. The zero-order valence-electron chi connectivity index (χ0n) is 21.2. The molecule has 2 aromatic carbocycles. The fraction of sp³-hybridized carbons (Fsp3) is 0.500. The van der Waals surface area contributed by atoms with E-state index in [4.69, 9.17) is 14.2 Å². The highest BCUT2D eigenvalue weighted by Crippen LogP contribution is 2.32. The number of piperazine rings is 1. The number of esters is 1. The molecule has 0 aromatic heterocycles. The number of aryl methyl sites for hydroxylation is 1. The quantitative estimate of drug-likeness (QED) is 0.483. The van der Waals surface area contributed by atoms with E-state index < -0.39 is 23.8 Å². The predicted molar refractivity (Wildman–Crippen MR) is 134 cm³/mol. The molecule has 2 aliphatic rings. The van der Waals surface area contributed by atoms with Gasteiger partial charge in [0.15, 0.2) is 6.10 Å². The second kappa shape index (κ2) is 11.3. The summed E-state index contributed by atoms with van der Waals surface area (Å²) < 4.78 is 30.1. The van der Waals surface area contributed by atoms with E-state index in [9.17, 15) is 14.0 Å². The van der Waals surface area contributed by atoms with E-state index in [2.05, 4.69) is 4.90 Å². The maximum atomic E-state index is 13.6. The monoisotopic (exact) mass is 498 g/mol. The highest BCUT2D eigenvalue weighted by Gasteiger charge is 2.48. The van der Waals surface area contributed by atoms with E-state index in [-0.39, 0.29) is 11.7 Å². The molecule has 0 saturated carbocycles. The largest absolute Gasteiger partial charge is 0.494 e. The van der Waals surface area contributed by atoms with E-state index >= 15 is 0 Å². The number of benzene rings is 2. The van der Waals surface area contributed by atoms with Crippen LogP contribution in [0, 0.1) is 11.7 Å². The molecule has 0 bridgehead atoms. The van der Waals surface area contributed by atoms with Gasteiger partial charge in [-0.3, -0.25) is 4.79 Å².